The summed E-state index contributed by atoms with van der Waals surface area (Å²) in [5.41, 5.74) is 1.62. The van der Waals surface area contributed by atoms with Crippen molar-refractivity contribution in [3.05, 3.63) is 36.4 Å². The molecule has 1 fully saturated rings. The van der Waals surface area contributed by atoms with Crippen LogP contribution in [0, 0.1) is 17.4 Å². The van der Waals surface area contributed by atoms with E-state index in [1.807, 2.05) is 30.3 Å². The summed E-state index contributed by atoms with van der Waals surface area (Å²) < 4.78 is 5.15. The third-order valence-corrected chi connectivity index (χ3v) is 3.74. The Morgan fingerprint density at radius 2 is 2.27 bits per heavy atom. The fraction of sp³-hybridized carbons (Fsp3) is 0.312. The van der Waals surface area contributed by atoms with E-state index in [0.717, 1.165) is 18.5 Å². The minimum absolute atomic E-state index is 0.111. The Labute approximate surface area is 128 Å². The van der Waals surface area contributed by atoms with Crippen molar-refractivity contribution in [2.24, 2.45) is 5.92 Å². The van der Waals surface area contributed by atoms with Gasteiger partial charge in [-0.25, -0.2) is 0 Å². The third-order valence-electron chi connectivity index (χ3n) is 3.74. The average molecular weight is 296 g/mol. The Morgan fingerprint density at radius 1 is 1.45 bits per heavy atom. The van der Waals surface area contributed by atoms with Crippen LogP contribution in [0.3, 0.4) is 0 Å². The molecular weight excluding hydrogens is 280 g/mol. The molecule has 1 aromatic carbocycles. The molecule has 2 aromatic rings. The van der Waals surface area contributed by atoms with Gasteiger partial charge in [0.15, 0.2) is 6.19 Å². The number of nitrogens with one attached hydrogen (secondary N) is 1. The van der Waals surface area contributed by atoms with Gasteiger partial charge in [-0.1, -0.05) is 35.5 Å². The molecule has 112 valence electrons. The van der Waals surface area contributed by atoms with Crippen LogP contribution in [0.4, 0.5) is 5.88 Å². The number of nitrogens with zero attached hydrogens (tertiary/aromatic N) is 3. The van der Waals surface area contributed by atoms with E-state index in [1.165, 1.54) is 0 Å². The monoisotopic (exact) mass is 296 g/mol. The zero-order valence-electron chi connectivity index (χ0n) is 12.0. The van der Waals surface area contributed by atoms with Crippen molar-refractivity contribution in [2.75, 3.05) is 18.4 Å². The van der Waals surface area contributed by atoms with Gasteiger partial charge in [-0.15, -0.1) is 0 Å². The van der Waals surface area contributed by atoms with Crippen molar-refractivity contribution in [3.63, 3.8) is 0 Å². The molecule has 0 bridgehead atoms. The highest BCUT2D eigenvalue weighted by atomic mass is 16.5. The number of amides is 1. The number of carbonyl (C=O) groups excluding carboxylic acids is 1. The van der Waals surface area contributed by atoms with Crippen molar-refractivity contribution in [1.82, 2.24) is 10.1 Å². The molecule has 1 saturated heterocycles. The minimum atomic E-state index is -0.111. The van der Waals surface area contributed by atoms with E-state index in [-0.39, 0.29) is 11.8 Å². The number of hydrogen-bond acceptors (Lipinski definition) is 5. The van der Waals surface area contributed by atoms with Crippen molar-refractivity contribution in [3.8, 4) is 17.5 Å². The number of benzene rings is 1. The largest absolute Gasteiger partial charge is 0.338 e. The van der Waals surface area contributed by atoms with E-state index < -0.39 is 0 Å². The molecule has 0 radical (unpaired) electrons. The summed E-state index contributed by atoms with van der Waals surface area (Å²) in [6, 6.07) is 11.3. The van der Waals surface area contributed by atoms with Gasteiger partial charge in [-0.05, 0) is 12.3 Å². The first kappa shape index (κ1) is 14.1. The van der Waals surface area contributed by atoms with Crippen molar-refractivity contribution in [2.45, 2.75) is 12.8 Å². The first-order valence-electron chi connectivity index (χ1n) is 7.21. The van der Waals surface area contributed by atoms with E-state index >= 15 is 0 Å². The van der Waals surface area contributed by atoms with Gasteiger partial charge in [0.2, 0.25) is 11.8 Å². The van der Waals surface area contributed by atoms with E-state index in [4.69, 9.17) is 9.78 Å². The molecule has 0 saturated carbocycles. The highest BCUT2D eigenvalue weighted by Crippen LogP contribution is 2.23. The lowest BCUT2D eigenvalue weighted by molar-refractivity contribution is -0.117. The van der Waals surface area contributed by atoms with E-state index in [1.54, 1.807) is 11.0 Å². The summed E-state index contributed by atoms with van der Waals surface area (Å²) in [6.07, 6.45) is 3.37. The molecule has 1 amide bonds. The van der Waals surface area contributed by atoms with Crippen LogP contribution in [0.1, 0.15) is 12.8 Å². The third kappa shape index (κ3) is 3.26. The molecular formula is C16H16N4O2. The highest BCUT2D eigenvalue weighted by Gasteiger charge is 2.24. The second-order valence-corrected chi connectivity index (χ2v) is 5.40. The maximum atomic E-state index is 12.0. The fourth-order valence-corrected chi connectivity index (χ4v) is 2.62. The van der Waals surface area contributed by atoms with E-state index in [0.29, 0.717) is 24.5 Å². The van der Waals surface area contributed by atoms with Crippen molar-refractivity contribution < 1.29 is 9.32 Å². The Kier molecular flexibility index (Phi) is 4.05. The SMILES string of the molecule is N#CN1CCC(CC(=O)Nc2cc(-c3ccccc3)no2)C1. The number of likely N-dealkylation sites (tertiary alicyclic amines) is 1. The fourth-order valence-electron chi connectivity index (χ4n) is 2.62. The molecule has 1 unspecified atom stereocenters. The van der Waals surface area contributed by atoms with Crippen LogP contribution >= 0.6 is 0 Å². The van der Waals surface area contributed by atoms with Gasteiger partial charge in [-0.3, -0.25) is 10.1 Å². The number of anilines is 1. The van der Waals surface area contributed by atoms with Crippen molar-refractivity contribution in [1.29, 1.82) is 5.26 Å². The second kappa shape index (κ2) is 6.31. The number of nitriles is 1. The van der Waals surface area contributed by atoms with Gasteiger partial charge in [0.25, 0.3) is 0 Å². The maximum Gasteiger partial charge on any atom is 0.231 e. The van der Waals surface area contributed by atoms with Crippen molar-refractivity contribution >= 4 is 11.8 Å². The van der Waals surface area contributed by atoms with E-state index in [2.05, 4.69) is 16.7 Å². The molecule has 2 heterocycles. The molecule has 3 rings (SSSR count). The van der Waals surface area contributed by atoms with Crippen LogP contribution in [0.5, 0.6) is 0 Å². The molecule has 0 aliphatic carbocycles. The Bertz CT molecular complexity index is 690. The minimum Gasteiger partial charge on any atom is -0.338 e. The van der Waals surface area contributed by atoms with Crippen LogP contribution in [-0.4, -0.2) is 29.1 Å². The summed E-state index contributed by atoms with van der Waals surface area (Å²) in [5, 5.41) is 15.5. The summed E-state index contributed by atoms with van der Waals surface area (Å²) in [4.78, 5) is 13.7. The van der Waals surface area contributed by atoms with Gasteiger partial charge >= 0.3 is 0 Å². The molecule has 6 heteroatoms. The molecule has 0 spiro atoms. The Morgan fingerprint density at radius 3 is 3.00 bits per heavy atom. The highest BCUT2D eigenvalue weighted by molar-refractivity contribution is 5.90. The van der Waals surface area contributed by atoms with Crippen LogP contribution in [-0.2, 0) is 4.79 Å². The second-order valence-electron chi connectivity index (χ2n) is 5.40. The standard InChI is InChI=1S/C16H16N4O2/c17-11-20-7-6-12(10-20)8-15(21)18-16-9-14(19-22-16)13-4-2-1-3-5-13/h1-5,9,12H,6-8,10H2,(H,18,21). The number of aromatic nitrogens is 1. The average Bonchev–Trinajstić information content (AvgIpc) is 3.17. The number of hydrogen-bond donors (Lipinski definition) is 1. The Hall–Kier alpha value is -2.81. The summed E-state index contributed by atoms with van der Waals surface area (Å²) in [6.45, 7) is 1.38. The zero-order valence-corrected chi connectivity index (χ0v) is 12.0. The lowest BCUT2D eigenvalue weighted by Gasteiger charge is -2.08. The quantitative estimate of drug-likeness (QED) is 0.876. The van der Waals surface area contributed by atoms with Gasteiger partial charge in [0, 0.05) is 31.1 Å². The molecule has 1 aliphatic heterocycles. The predicted octanol–water partition coefficient (Wildman–Crippen LogP) is 2.47. The summed E-state index contributed by atoms with van der Waals surface area (Å²) in [5.74, 6) is 0.454. The molecule has 1 aliphatic rings. The van der Waals surface area contributed by atoms with Gasteiger partial charge < -0.3 is 9.42 Å². The van der Waals surface area contributed by atoms with Gasteiger partial charge in [-0.2, -0.15) is 5.26 Å². The molecule has 22 heavy (non-hydrogen) atoms. The van der Waals surface area contributed by atoms with E-state index in [9.17, 15) is 4.79 Å². The zero-order chi connectivity index (χ0) is 15.4. The lowest BCUT2D eigenvalue weighted by Crippen LogP contribution is -2.19. The predicted molar refractivity (Wildman–Crippen MR) is 80.5 cm³/mol. The first-order valence-corrected chi connectivity index (χ1v) is 7.21. The molecule has 1 aromatic heterocycles. The maximum absolute atomic E-state index is 12.0. The smallest absolute Gasteiger partial charge is 0.231 e. The van der Waals surface area contributed by atoms with Crippen LogP contribution in [0.25, 0.3) is 11.3 Å². The first-order chi connectivity index (χ1) is 10.7. The van der Waals surface area contributed by atoms with Gasteiger partial charge in [0.05, 0.1) is 0 Å². The number of rotatable bonds is 4. The topological polar surface area (TPSA) is 82.2 Å². The Balaban J connectivity index is 1.57. The molecule has 1 atom stereocenters. The summed E-state index contributed by atoms with van der Waals surface area (Å²) in [7, 11) is 0. The normalized spacial score (nSPS) is 17.2. The molecule has 6 nitrogen and oxygen atoms in total. The van der Waals surface area contributed by atoms with Crippen LogP contribution in [0.2, 0.25) is 0 Å². The molecule has 1 N–H and O–H groups in total. The lowest BCUT2D eigenvalue weighted by atomic mass is 10.0. The van der Waals surface area contributed by atoms with Crippen LogP contribution in [0.15, 0.2) is 40.9 Å². The summed E-state index contributed by atoms with van der Waals surface area (Å²) >= 11 is 0. The number of carbonyl (C=O) groups is 1. The van der Waals surface area contributed by atoms with Crippen LogP contribution < -0.4 is 5.32 Å². The van der Waals surface area contributed by atoms with Gasteiger partial charge in [0.1, 0.15) is 5.69 Å².